The van der Waals surface area contributed by atoms with Gasteiger partial charge in [0.25, 0.3) is 0 Å². The largest absolute Gasteiger partial charge is 0.461 e. The summed E-state index contributed by atoms with van der Waals surface area (Å²) in [6.07, 6.45) is 6.55. The van der Waals surface area contributed by atoms with Crippen LogP contribution in [-0.2, 0) is 26.4 Å². The third-order valence-corrected chi connectivity index (χ3v) is 9.44. The van der Waals surface area contributed by atoms with Gasteiger partial charge in [0.2, 0.25) is 10.0 Å². The second-order valence-corrected chi connectivity index (χ2v) is 12.8. The monoisotopic (exact) mass is 621 g/mol. The Morgan fingerprint density at radius 2 is 1.93 bits per heavy atom. The molecule has 0 spiro atoms. The van der Waals surface area contributed by atoms with Gasteiger partial charge in [-0.3, -0.25) is 0 Å². The SMILES string of the molecule is CCOC(=O)c1csc(-n2nc(-c3ccc(F)c(C#CC4CCCC4)c3)c(Cc3ccc([SH+](N)=O)c(F)c3)c2C2CC2)n1. The Balaban J connectivity index is 1.48. The summed E-state index contributed by atoms with van der Waals surface area (Å²) >= 11 is 1.27. The van der Waals surface area contributed by atoms with Crippen molar-refractivity contribution in [2.75, 3.05) is 6.61 Å². The summed E-state index contributed by atoms with van der Waals surface area (Å²) < 4.78 is 48.4. The number of esters is 1. The Morgan fingerprint density at radius 1 is 1.14 bits per heavy atom. The molecular formula is C32H31F2N4O3S2+. The number of rotatable bonds is 8. The van der Waals surface area contributed by atoms with Crippen LogP contribution >= 0.6 is 11.3 Å². The number of carbonyl (C=O) groups excluding carboxylic acids is 1. The average molecular weight is 622 g/mol. The highest BCUT2D eigenvalue weighted by atomic mass is 32.2. The Labute approximate surface area is 255 Å². The van der Waals surface area contributed by atoms with Crippen molar-refractivity contribution in [1.82, 2.24) is 14.8 Å². The predicted octanol–water partition coefficient (Wildman–Crippen LogP) is 6.39. The number of nitrogens with zero attached hydrogens (tertiary/aromatic N) is 3. The highest BCUT2D eigenvalue weighted by Gasteiger charge is 2.34. The van der Waals surface area contributed by atoms with Crippen LogP contribution in [-0.4, -0.2) is 27.3 Å². The van der Waals surface area contributed by atoms with Crippen molar-refractivity contribution in [3.8, 4) is 28.2 Å². The van der Waals surface area contributed by atoms with Crippen molar-refractivity contribution in [1.29, 1.82) is 0 Å². The summed E-state index contributed by atoms with van der Waals surface area (Å²) in [7, 11) is -2.32. The number of aromatic nitrogens is 3. The van der Waals surface area contributed by atoms with Gasteiger partial charge >= 0.3 is 5.97 Å². The van der Waals surface area contributed by atoms with Gasteiger partial charge in [-0.05, 0) is 68.5 Å². The minimum atomic E-state index is -2.32. The van der Waals surface area contributed by atoms with Crippen LogP contribution in [0.3, 0.4) is 0 Å². The lowest BCUT2D eigenvalue weighted by atomic mass is 9.96. The first-order valence-corrected chi connectivity index (χ1v) is 16.6. The van der Waals surface area contributed by atoms with E-state index in [1.807, 2.05) is 0 Å². The van der Waals surface area contributed by atoms with Crippen LogP contribution in [0.15, 0.2) is 46.7 Å². The first-order valence-electron chi connectivity index (χ1n) is 14.4. The molecule has 1 unspecified atom stereocenters. The normalized spacial score (nSPS) is 15.7. The quantitative estimate of drug-likeness (QED) is 0.106. The van der Waals surface area contributed by atoms with E-state index in [1.54, 1.807) is 35.2 Å². The van der Waals surface area contributed by atoms with Gasteiger partial charge in [0.15, 0.2) is 22.5 Å². The molecule has 2 saturated carbocycles. The topological polar surface area (TPSA) is 100 Å². The molecule has 1 atom stereocenters. The number of ether oxygens (including phenoxy) is 1. The maximum atomic E-state index is 14.9. The molecule has 0 amide bonds. The van der Waals surface area contributed by atoms with Gasteiger partial charge in [0.05, 0.1) is 23.6 Å². The zero-order valence-corrected chi connectivity index (χ0v) is 25.3. The van der Waals surface area contributed by atoms with Gasteiger partial charge in [0, 0.05) is 34.8 Å². The van der Waals surface area contributed by atoms with E-state index in [4.69, 9.17) is 15.0 Å². The number of thiazole rings is 1. The fourth-order valence-corrected chi connectivity index (χ4v) is 6.77. The molecule has 2 heterocycles. The van der Waals surface area contributed by atoms with E-state index in [0.29, 0.717) is 33.9 Å². The minimum Gasteiger partial charge on any atom is -0.461 e. The number of benzene rings is 2. The lowest BCUT2D eigenvalue weighted by Crippen LogP contribution is -2.07. The molecule has 2 aromatic heterocycles. The van der Waals surface area contributed by atoms with Gasteiger partial charge in [-0.15, -0.1) is 16.5 Å². The number of halogens is 2. The molecular weight excluding hydrogens is 591 g/mol. The van der Waals surface area contributed by atoms with E-state index in [2.05, 4.69) is 16.8 Å². The molecule has 11 heteroatoms. The van der Waals surface area contributed by atoms with Crippen LogP contribution in [0.5, 0.6) is 0 Å². The fourth-order valence-electron chi connectivity index (χ4n) is 5.51. The van der Waals surface area contributed by atoms with Crippen LogP contribution in [0, 0.1) is 29.4 Å². The summed E-state index contributed by atoms with van der Waals surface area (Å²) in [6.45, 7) is 1.97. The van der Waals surface area contributed by atoms with Crippen LogP contribution in [0.4, 0.5) is 8.78 Å². The Morgan fingerprint density at radius 3 is 2.63 bits per heavy atom. The molecule has 0 radical (unpaired) electrons. The molecule has 2 N–H and O–H groups in total. The van der Waals surface area contributed by atoms with E-state index >= 15 is 0 Å². The molecule has 7 nitrogen and oxygen atoms in total. The van der Waals surface area contributed by atoms with Crippen LogP contribution in [0.1, 0.15) is 84.2 Å². The number of carbonyl (C=O) groups is 1. The first kappa shape index (κ1) is 29.4. The van der Waals surface area contributed by atoms with Crippen molar-refractivity contribution in [3.63, 3.8) is 0 Å². The molecule has 0 bridgehead atoms. The lowest BCUT2D eigenvalue weighted by Gasteiger charge is -2.09. The van der Waals surface area contributed by atoms with Gasteiger partial charge in [-0.25, -0.2) is 23.2 Å². The Bertz CT molecular complexity index is 1780. The molecule has 43 heavy (non-hydrogen) atoms. The Kier molecular flexibility index (Phi) is 8.52. The zero-order valence-electron chi connectivity index (χ0n) is 23.6. The van der Waals surface area contributed by atoms with Crippen molar-refractivity contribution >= 4 is 28.3 Å². The summed E-state index contributed by atoms with van der Waals surface area (Å²) in [6, 6.07) is 9.31. The second-order valence-electron chi connectivity index (χ2n) is 10.9. The minimum absolute atomic E-state index is 0.0321. The predicted molar refractivity (Wildman–Crippen MR) is 163 cm³/mol. The standard InChI is InChI=1S/C32H30F2N4O3S2/c1-2-41-31(39)27-18-42-32(36-27)38-30(21-10-11-21)24(15-20-8-14-28(43(35)40)26(34)16-20)29(37-38)23-12-13-25(33)22(17-23)9-7-19-5-3-4-6-19/h8,12-14,16-19,21H,2-6,10-11,15H2,1H3,(H2,35,40)/p+1. The first-order chi connectivity index (χ1) is 20.8. The highest BCUT2D eigenvalue weighted by molar-refractivity contribution is 7.82. The number of thiol groups is 1. The molecule has 222 valence electrons. The van der Waals surface area contributed by atoms with Crippen molar-refractivity contribution in [3.05, 3.63) is 81.5 Å². The highest BCUT2D eigenvalue weighted by Crippen LogP contribution is 2.46. The van der Waals surface area contributed by atoms with Crippen LogP contribution in [0.25, 0.3) is 16.4 Å². The van der Waals surface area contributed by atoms with E-state index in [0.717, 1.165) is 49.8 Å². The molecule has 2 aliphatic rings. The summed E-state index contributed by atoms with van der Waals surface area (Å²) in [5.41, 5.74) is 4.19. The Hall–Kier alpha value is -3.72. The summed E-state index contributed by atoms with van der Waals surface area (Å²) in [5.74, 6) is 5.23. The zero-order chi connectivity index (χ0) is 30.1. The number of nitrogens with two attached hydrogens (primary N) is 1. The smallest absolute Gasteiger partial charge is 0.357 e. The van der Waals surface area contributed by atoms with Gasteiger partial charge in [-0.2, -0.15) is 5.10 Å². The third kappa shape index (κ3) is 6.32. The number of hydrogen-bond donors (Lipinski definition) is 1. The fraction of sp³-hybridized carbons (Fsp3) is 0.344. The summed E-state index contributed by atoms with van der Waals surface area (Å²) in [5, 5.41) is 12.6. The molecule has 2 aromatic carbocycles. The molecule has 6 rings (SSSR count). The van der Waals surface area contributed by atoms with Crippen molar-refractivity contribution in [2.24, 2.45) is 11.1 Å². The van der Waals surface area contributed by atoms with E-state index < -0.39 is 28.6 Å². The maximum Gasteiger partial charge on any atom is 0.357 e. The maximum absolute atomic E-state index is 14.9. The van der Waals surface area contributed by atoms with Crippen molar-refractivity contribution < 1.29 is 22.5 Å². The molecule has 2 aliphatic carbocycles. The third-order valence-electron chi connectivity index (χ3n) is 7.78. The van der Waals surface area contributed by atoms with Crippen LogP contribution < -0.4 is 5.14 Å². The number of hydrogen-bond acceptors (Lipinski definition) is 6. The average Bonchev–Trinajstić information content (AvgIpc) is 3.35. The second kappa shape index (κ2) is 12.5. The van der Waals surface area contributed by atoms with Gasteiger partial charge in [-0.1, -0.05) is 35.0 Å². The summed E-state index contributed by atoms with van der Waals surface area (Å²) in [4.78, 5) is 16.9. The lowest BCUT2D eigenvalue weighted by molar-refractivity contribution is 0.0520. The van der Waals surface area contributed by atoms with E-state index in [1.165, 1.54) is 29.5 Å². The molecule has 0 saturated heterocycles. The van der Waals surface area contributed by atoms with E-state index in [9.17, 15) is 17.8 Å². The molecule has 4 aromatic rings. The van der Waals surface area contributed by atoms with Crippen LogP contribution in [0.2, 0.25) is 0 Å². The molecule has 2 fully saturated rings. The molecule has 0 aliphatic heterocycles. The van der Waals surface area contributed by atoms with Crippen molar-refractivity contribution in [2.45, 2.75) is 62.7 Å². The van der Waals surface area contributed by atoms with E-state index in [-0.39, 0.29) is 29.0 Å². The van der Waals surface area contributed by atoms with Gasteiger partial charge < -0.3 is 4.74 Å². The van der Waals surface area contributed by atoms with Gasteiger partial charge in [0.1, 0.15) is 5.82 Å².